The lowest BCUT2D eigenvalue weighted by molar-refractivity contribution is -0.143. The predicted octanol–water partition coefficient (Wildman–Crippen LogP) is 6.62. The van der Waals surface area contributed by atoms with Crippen LogP contribution in [-0.2, 0) is 12.4 Å². The first-order valence-corrected chi connectivity index (χ1v) is 12.0. The van der Waals surface area contributed by atoms with Gasteiger partial charge in [-0.3, -0.25) is 9.67 Å². The van der Waals surface area contributed by atoms with Gasteiger partial charge in [0.05, 0.1) is 28.9 Å². The smallest absolute Gasteiger partial charge is 0.264 e. The molecule has 0 N–H and O–H groups in total. The highest BCUT2D eigenvalue weighted by Crippen LogP contribution is 2.44. The number of pyridine rings is 1. The summed E-state index contributed by atoms with van der Waals surface area (Å²) in [6.07, 6.45) is -3.28. The van der Waals surface area contributed by atoms with Crippen LogP contribution in [0.25, 0.3) is 10.7 Å². The van der Waals surface area contributed by atoms with Crippen molar-refractivity contribution in [2.24, 2.45) is 5.92 Å². The second kappa shape index (κ2) is 9.63. The number of rotatable bonds is 5. The maximum atomic E-state index is 13.8. The molecule has 190 valence electrons. The first kappa shape index (κ1) is 25.0. The van der Waals surface area contributed by atoms with E-state index in [0.29, 0.717) is 33.8 Å². The summed E-state index contributed by atoms with van der Waals surface area (Å²) >= 11 is 1.24. The average molecular weight is 534 g/mol. The predicted molar refractivity (Wildman–Crippen MR) is 123 cm³/mol. The van der Waals surface area contributed by atoms with E-state index in [0.717, 1.165) is 18.9 Å². The summed E-state index contributed by atoms with van der Waals surface area (Å²) in [5.74, 6) is 5.92. The summed E-state index contributed by atoms with van der Waals surface area (Å²) in [4.78, 5) is 4.21. The fourth-order valence-corrected chi connectivity index (χ4v) is 4.55. The second-order valence-electron chi connectivity index (χ2n) is 8.58. The third-order valence-electron chi connectivity index (χ3n) is 5.84. The number of alkyl halides is 6. The molecular weight excluding hydrogens is 516 g/mol. The normalized spacial score (nSPS) is 14.8. The van der Waals surface area contributed by atoms with Gasteiger partial charge in [0.25, 0.3) is 0 Å². The lowest BCUT2D eigenvalue weighted by Gasteiger charge is -2.23. The van der Waals surface area contributed by atoms with Crippen molar-refractivity contribution in [2.75, 3.05) is 0 Å². The van der Waals surface area contributed by atoms with Crippen LogP contribution in [0.1, 0.15) is 52.6 Å². The minimum Gasteiger partial charge on any atom is -0.264 e. The average Bonchev–Trinajstić information content (AvgIpc) is 3.35. The Bertz CT molecular complexity index is 1460. The quantitative estimate of drug-likeness (QED) is 0.214. The number of halogens is 6. The molecule has 1 unspecified atom stereocenters. The van der Waals surface area contributed by atoms with E-state index in [1.807, 2.05) is 6.07 Å². The second-order valence-corrected chi connectivity index (χ2v) is 9.56. The molecular formula is C25H17F6N5S. The number of nitrogens with zero attached hydrogens (tertiary/aromatic N) is 5. The fourth-order valence-electron chi connectivity index (χ4n) is 3.88. The van der Waals surface area contributed by atoms with Gasteiger partial charge in [0, 0.05) is 12.4 Å². The van der Waals surface area contributed by atoms with Crippen molar-refractivity contribution in [3.8, 4) is 22.5 Å². The highest BCUT2D eigenvalue weighted by Gasteiger charge is 2.40. The maximum Gasteiger partial charge on any atom is 0.416 e. The Labute approximate surface area is 211 Å². The molecule has 4 aromatic rings. The molecule has 37 heavy (non-hydrogen) atoms. The van der Waals surface area contributed by atoms with E-state index < -0.39 is 29.5 Å². The maximum absolute atomic E-state index is 13.8. The molecule has 1 fully saturated rings. The van der Waals surface area contributed by atoms with Crippen molar-refractivity contribution in [3.05, 3.63) is 82.3 Å². The van der Waals surface area contributed by atoms with Crippen LogP contribution in [0.3, 0.4) is 0 Å². The molecule has 1 saturated carbocycles. The summed E-state index contributed by atoms with van der Waals surface area (Å²) < 4.78 is 82.3. The molecule has 3 heterocycles. The summed E-state index contributed by atoms with van der Waals surface area (Å²) in [5, 5.41) is 13.3. The van der Waals surface area contributed by atoms with Gasteiger partial charge in [-0.2, -0.15) is 31.4 Å². The highest BCUT2D eigenvalue weighted by atomic mass is 32.1. The van der Waals surface area contributed by atoms with Crippen LogP contribution in [0.15, 0.2) is 55.0 Å². The molecule has 0 spiro atoms. The molecule has 1 atom stereocenters. The van der Waals surface area contributed by atoms with Crippen molar-refractivity contribution in [2.45, 2.75) is 37.7 Å². The van der Waals surface area contributed by atoms with Gasteiger partial charge in [-0.05, 0) is 48.1 Å². The van der Waals surface area contributed by atoms with Crippen molar-refractivity contribution in [3.63, 3.8) is 0 Å². The van der Waals surface area contributed by atoms with Crippen LogP contribution in [0.5, 0.6) is 0 Å². The van der Waals surface area contributed by atoms with Gasteiger partial charge in [0.2, 0.25) is 0 Å². The van der Waals surface area contributed by atoms with Crippen LogP contribution >= 0.6 is 11.3 Å². The Morgan fingerprint density at radius 3 is 2.49 bits per heavy atom. The van der Waals surface area contributed by atoms with E-state index in [1.54, 1.807) is 18.3 Å². The van der Waals surface area contributed by atoms with Gasteiger partial charge in [-0.25, -0.2) is 0 Å². The summed E-state index contributed by atoms with van der Waals surface area (Å²) in [6.45, 7) is 0. The SMILES string of the molecule is FC(F)(F)c1ccc(C(CC2CC2)n2cc(C#Cc3nnc(-c4ccccn4)s3)cn2)c(C(F)(F)F)c1. The third-order valence-corrected chi connectivity index (χ3v) is 6.70. The van der Waals surface area contributed by atoms with Gasteiger partial charge in [0.15, 0.2) is 10.0 Å². The molecule has 0 aliphatic heterocycles. The summed E-state index contributed by atoms with van der Waals surface area (Å²) in [5.41, 5.74) is -1.83. The van der Waals surface area contributed by atoms with E-state index in [-0.39, 0.29) is 17.5 Å². The zero-order valence-electron chi connectivity index (χ0n) is 18.9. The molecule has 0 radical (unpaired) electrons. The van der Waals surface area contributed by atoms with Crippen LogP contribution in [0.2, 0.25) is 0 Å². The Kier molecular flexibility index (Phi) is 6.49. The number of benzene rings is 1. The first-order chi connectivity index (χ1) is 17.6. The molecule has 5 rings (SSSR count). The van der Waals surface area contributed by atoms with E-state index in [2.05, 4.69) is 32.1 Å². The van der Waals surface area contributed by atoms with Gasteiger partial charge in [-0.1, -0.05) is 42.2 Å². The zero-order valence-corrected chi connectivity index (χ0v) is 19.7. The lowest BCUT2D eigenvalue weighted by atomic mass is 9.94. The topological polar surface area (TPSA) is 56.5 Å². The molecule has 5 nitrogen and oxygen atoms in total. The Morgan fingerprint density at radius 1 is 1.00 bits per heavy atom. The summed E-state index contributed by atoms with van der Waals surface area (Å²) in [7, 11) is 0. The van der Waals surface area contributed by atoms with E-state index >= 15 is 0 Å². The fraction of sp³-hybridized carbons (Fsp3) is 0.280. The first-order valence-electron chi connectivity index (χ1n) is 11.2. The van der Waals surface area contributed by atoms with Crippen LogP contribution < -0.4 is 0 Å². The number of hydrogen-bond donors (Lipinski definition) is 0. The summed E-state index contributed by atoms with van der Waals surface area (Å²) in [6, 6.07) is 6.27. The molecule has 1 aliphatic carbocycles. The molecule has 12 heteroatoms. The highest BCUT2D eigenvalue weighted by molar-refractivity contribution is 7.15. The minimum atomic E-state index is -4.96. The van der Waals surface area contributed by atoms with Gasteiger partial charge in [-0.15, -0.1) is 10.2 Å². The Morgan fingerprint density at radius 2 is 1.81 bits per heavy atom. The molecule has 1 aliphatic rings. The Hall–Kier alpha value is -3.72. The molecule has 0 amide bonds. The molecule has 0 bridgehead atoms. The van der Waals surface area contributed by atoms with E-state index in [1.165, 1.54) is 28.4 Å². The molecule has 3 aromatic heterocycles. The molecule has 1 aromatic carbocycles. The Balaban J connectivity index is 1.45. The largest absolute Gasteiger partial charge is 0.416 e. The van der Waals surface area contributed by atoms with Gasteiger partial charge >= 0.3 is 12.4 Å². The zero-order chi connectivity index (χ0) is 26.2. The molecule has 0 saturated heterocycles. The standard InChI is InChI=1S/C25H17F6N5S/c26-24(27,28)17-7-8-18(19(12-17)25(29,30)31)21(11-15-4-5-15)36-14-16(13-33-36)6-9-22-34-35-23(37-22)20-3-1-2-10-32-20/h1-3,7-8,10,12-15,21H,4-5,11H2. The van der Waals surface area contributed by atoms with Crippen LogP contribution in [0, 0.1) is 17.8 Å². The lowest BCUT2D eigenvalue weighted by Crippen LogP contribution is -2.20. The monoisotopic (exact) mass is 533 g/mol. The minimum absolute atomic E-state index is 0.175. The van der Waals surface area contributed by atoms with Crippen LogP contribution in [-0.4, -0.2) is 25.0 Å². The van der Waals surface area contributed by atoms with Crippen molar-refractivity contribution in [1.82, 2.24) is 25.0 Å². The van der Waals surface area contributed by atoms with Gasteiger partial charge in [0.1, 0.15) is 5.69 Å². The van der Waals surface area contributed by atoms with Crippen LogP contribution in [0.4, 0.5) is 26.3 Å². The number of aromatic nitrogens is 5. The van der Waals surface area contributed by atoms with Crippen molar-refractivity contribution >= 4 is 11.3 Å². The van der Waals surface area contributed by atoms with Gasteiger partial charge < -0.3 is 0 Å². The van der Waals surface area contributed by atoms with E-state index in [9.17, 15) is 26.3 Å². The van der Waals surface area contributed by atoms with Crippen molar-refractivity contribution < 1.29 is 26.3 Å². The number of hydrogen-bond acceptors (Lipinski definition) is 5. The third kappa shape index (κ3) is 5.83. The van der Waals surface area contributed by atoms with E-state index in [4.69, 9.17) is 0 Å². The van der Waals surface area contributed by atoms with Crippen molar-refractivity contribution in [1.29, 1.82) is 0 Å².